The number of pyridine rings is 1. The molecule has 0 aliphatic heterocycles. The van der Waals surface area contributed by atoms with Gasteiger partial charge in [-0.25, -0.2) is 14.1 Å². The lowest BCUT2D eigenvalue weighted by atomic mass is 10.1. The van der Waals surface area contributed by atoms with Crippen molar-refractivity contribution in [1.29, 1.82) is 0 Å². The molecule has 0 aliphatic carbocycles. The molecule has 0 fully saturated rings. The summed E-state index contributed by atoms with van der Waals surface area (Å²) in [7, 11) is 0. The fourth-order valence-electron chi connectivity index (χ4n) is 3.21. The molecular formula is C22H21F4N5O2. The Kier molecular flexibility index (Phi) is 7.10. The summed E-state index contributed by atoms with van der Waals surface area (Å²) < 4.78 is 53.4. The number of rotatable bonds is 7. The molecule has 2 heterocycles. The van der Waals surface area contributed by atoms with Gasteiger partial charge < -0.3 is 5.73 Å². The molecule has 0 saturated heterocycles. The number of benzene rings is 1. The second-order valence-electron chi connectivity index (χ2n) is 7.33. The van der Waals surface area contributed by atoms with E-state index in [0.29, 0.717) is 42.4 Å². The lowest BCUT2D eigenvalue weighted by molar-refractivity contribution is -0.137. The molecule has 0 bridgehead atoms. The van der Waals surface area contributed by atoms with Gasteiger partial charge in [0.05, 0.1) is 17.0 Å². The molecule has 0 unspecified atom stereocenters. The van der Waals surface area contributed by atoms with E-state index in [0.717, 1.165) is 10.4 Å². The van der Waals surface area contributed by atoms with E-state index in [2.05, 4.69) is 15.4 Å². The van der Waals surface area contributed by atoms with Gasteiger partial charge in [-0.2, -0.15) is 13.2 Å². The van der Waals surface area contributed by atoms with Crippen molar-refractivity contribution in [3.8, 4) is 0 Å². The van der Waals surface area contributed by atoms with E-state index < -0.39 is 29.0 Å². The summed E-state index contributed by atoms with van der Waals surface area (Å²) in [5.41, 5.74) is 7.71. The van der Waals surface area contributed by atoms with Crippen LogP contribution in [-0.4, -0.2) is 20.6 Å². The van der Waals surface area contributed by atoms with E-state index in [1.807, 2.05) is 12.1 Å². The molecule has 0 spiro atoms. The molecule has 2 aromatic heterocycles. The van der Waals surface area contributed by atoms with Crippen LogP contribution in [0.1, 0.15) is 34.6 Å². The van der Waals surface area contributed by atoms with E-state index in [9.17, 15) is 27.2 Å². The molecule has 0 radical (unpaired) electrons. The highest BCUT2D eigenvalue weighted by Crippen LogP contribution is 2.30. The third-order valence-electron chi connectivity index (χ3n) is 5.01. The number of nitrogens with two attached hydrogens (primary N) is 1. The summed E-state index contributed by atoms with van der Waals surface area (Å²) in [4.78, 5) is 33.1. The highest BCUT2D eigenvalue weighted by atomic mass is 19.4. The Labute approximate surface area is 186 Å². The van der Waals surface area contributed by atoms with Gasteiger partial charge in [-0.3, -0.25) is 20.0 Å². The van der Waals surface area contributed by atoms with E-state index in [1.54, 1.807) is 19.2 Å². The number of aryl methyl sites for hydroxylation is 3. The average Bonchev–Trinajstić information content (AvgIpc) is 2.77. The number of amides is 1. The maximum atomic E-state index is 13.9. The van der Waals surface area contributed by atoms with Crippen LogP contribution in [0, 0.1) is 12.7 Å². The third kappa shape index (κ3) is 5.93. The maximum absolute atomic E-state index is 13.9. The number of hydrogen-bond acceptors (Lipinski definition) is 5. The molecule has 3 N–H and O–H groups in total. The Morgan fingerprint density at radius 3 is 2.58 bits per heavy atom. The summed E-state index contributed by atoms with van der Waals surface area (Å²) in [5.74, 6) is -1.87. The van der Waals surface area contributed by atoms with Crippen LogP contribution in [0.4, 0.5) is 23.4 Å². The van der Waals surface area contributed by atoms with Crippen molar-refractivity contribution in [2.45, 2.75) is 38.8 Å². The Hall–Kier alpha value is -3.76. The molecule has 1 aromatic carbocycles. The normalized spacial score (nSPS) is 11.4. The summed E-state index contributed by atoms with van der Waals surface area (Å²) in [6, 6.07) is 7.47. The number of carbonyl (C=O) groups is 1. The third-order valence-corrected chi connectivity index (χ3v) is 5.01. The Balaban J connectivity index is 1.73. The summed E-state index contributed by atoms with van der Waals surface area (Å²) in [6.45, 7) is 1.58. The number of aromatic nitrogens is 3. The molecule has 1 amide bonds. The number of halogens is 4. The van der Waals surface area contributed by atoms with Gasteiger partial charge in [0.25, 0.3) is 0 Å². The molecule has 11 heteroatoms. The minimum atomic E-state index is -4.63. The van der Waals surface area contributed by atoms with Crippen molar-refractivity contribution in [2.24, 2.45) is 0 Å². The molecule has 33 heavy (non-hydrogen) atoms. The van der Waals surface area contributed by atoms with Crippen LogP contribution in [0.25, 0.3) is 0 Å². The molecule has 0 atom stereocenters. The minimum Gasteiger partial charge on any atom is -0.379 e. The number of nitrogens with zero attached hydrogens (tertiary/aromatic N) is 3. The predicted octanol–water partition coefficient (Wildman–Crippen LogP) is 3.17. The van der Waals surface area contributed by atoms with Crippen LogP contribution in [0.3, 0.4) is 0 Å². The monoisotopic (exact) mass is 463 g/mol. The number of nitrogens with one attached hydrogen (secondary N) is 1. The topological polar surface area (TPSA) is 103 Å². The highest BCUT2D eigenvalue weighted by Gasteiger charge is 2.31. The van der Waals surface area contributed by atoms with Crippen LogP contribution in [-0.2, 0) is 30.2 Å². The summed E-state index contributed by atoms with van der Waals surface area (Å²) in [5, 5.41) is 0. The molecule has 3 rings (SSSR count). The second kappa shape index (κ2) is 9.80. The van der Waals surface area contributed by atoms with E-state index >= 15 is 0 Å². The predicted molar refractivity (Wildman–Crippen MR) is 113 cm³/mol. The lowest BCUT2D eigenvalue weighted by Crippen LogP contribution is -2.37. The molecular weight excluding hydrogens is 442 g/mol. The van der Waals surface area contributed by atoms with Gasteiger partial charge in [0.15, 0.2) is 5.82 Å². The van der Waals surface area contributed by atoms with E-state index in [4.69, 9.17) is 5.73 Å². The van der Waals surface area contributed by atoms with Crippen molar-refractivity contribution in [1.82, 2.24) is 14.6 Å². The molecule has 0 aliphatic rings. The SMILES string of the molecule is Cc1c(CCc2ccccn2)nc(N)c(=O)n1NC(=O)CCc1cc(C(F)(F)F)ccc1F. The fraction of sp³-hybridized carbons (Fsp3) is 0.273. The molecule has 7 nitrogen and oxygen atoms in total. The van der Waals surface area contributed by atoms with E-state index in [-0.39, 0.29) is 24.2 Å². The van der Waals surface area contributed by atoms with Crippen LogP contribution < -0.4 is 16.7 Å². The van der Waals surface area contributed by atoms with Crippen LogP contribution in [0.2, 0.25) is 0 Å². The number of hydrogen-bond donors (Lipinski definition) is 2. The first-order valence-corrected chi connectivity index (χ1v) is 9.99. The van der Waals surface area contributed by atoms with Crippen molar-refractivity contribution in [3.63, 3.8) is 0 Å². The standard InChI is InChI=1S/C22H21F4N5O2/c1-13-18(9-7-16-4-2-3-11-28-16)29-20(27)21(33)31(13)30-19(32)10-5-14-12-15(22(24,25)26)6-8-17(14)23/h2-4,6,8,11-12H,5,7,9-10H2,1H3,(H2,27,29)(H,30,32). The van der Waals surface area contributed by atoms with Crippen molar-refractivity contribution in [2.75, 3.05) is 11.2 Å². The fourth-order valence-corrected chi connectivity index (χ4v) is 3.21. The highest BCUT2D eigenvalue weighted by molar-refractivity contribution is 5.84. The summed E-state index contributed by atoms with van der Waals surface area (Å²) in [6.07, 6.45) is -2.69. The van der Waals surface area contributed by atoms with Gasteiger partial charge in [0.2, 0.25) is 5.91 Å². The number of carbonyl (C=O) groups excluding carboxylic acids is 1. The second-order valence-corrected chi connectivity index (χ2v) is 7.33. The van der Waals surface area contributed by atoms with Crippen molar-refractivity contribution < 1.29 is 22.4 Å². The van der Waals surface area contributed by atoms with Gasteiger partial charge >= 0.3 is 11.7 Å². The first-order valence-electron chi connectivity index (χ1n) is 9.99. The zero-order chi connectivity index (χ0) is 24.2. The first kappa shape index (κ1) is 23.9. The van der Waals surface area contributed by atoms with Gasteiger partial charge in [-0.1, -0.05) is 6.07 Å². The van der Waals surface area contributed by atoms with Gasteiger partial charge in [-0.05, 0) is 62.1 Å². The largest absolute Gasteiger partial charge is 0.416 e. The van der Waals surface area contributed by atoms with Gasteiger partial charge in [0.1, 0.15) is 5.82 Å². The van der Waals surface area contributed by atoms with Crippen LogP contribution in [0.15, 0.2) is 47.4 Å². The summed E-state index contributed by atoms with van der Waals surface area (Å²) >= 11 is 0. The maximum Gasteiger partial charge on any atom is 0.416 e. The molecule has 174 valence electrons. The Morgan fingerprint density at radius 2 is 1.91 bits per heavy atom. The molecule has 0 saturated carbocycles. The number of anilines is 1. The quantitative estimate of drug-likeness (QED) is 0.524. The number of nitrogen functional groups attached to an aromatic ring is 1. The van der Waals surface area contributed by atoms with Gasteiger partial charge in [-0.15, -0.1) is 0 Å². The van der Waals surface area contributed by atoms with Gasteiger partial charge in [0, 0.05) is 18.3 Å². The van der Waals surface area contributed by atoms with Crippen molar-refractivity contribution >= 4 is 11.7 Å². The van der Waals surface area contributed by atoms with Crippen LogP contribution >= 0.6 is 0 Å². The first-order chi connectivity index (χ1) is 15.6. The minimum absolute atomic E-state index is 0.255. The lowest BCUT2D eigenvalue weighted by Gasteiger charge is -2.15. The number of alkyl halides is 3. The smallest absolute Gasteiger partial charge is 0.379 e. The zero-order valence-corrected chi connectivity index (χ0v) is 17.6. The van der Waals surface area contributed by atoms with E-state index in [1.165, 1.54) is 0 Å². The zero-order valence-electron chi connectivity index (χ0n) is 17.6. The van der Waals surface area contributed by atoms with Crippen LogP contribution in [0.5, 0.6) is 0 Å². The van der Waals surface area contributed by atoms with Crippen molar-refractivity contribution in [3.05, 3.63) is 87.0 Å². The Bertz CT molecular complexity index is 1210. The molecule has 3 aromatic rings. The Morgan fingerprint density at radius 1 is 1.15 bits per heavy atom. The average molecular weight is 463 g/mol.